The second-order valence-corrected chi connectivity index (χ2v) is 68.9. The Labute approximate surface area is 159 Å². The third-order valence-corrected chi connectivity index (χ3v) is 79.8. The van der Waals surface area contributed by atoms with E-state index in [0.29, 0.717) is 0 Å². The molecule has 12 atom stereocenters. The van der Waals surface area contributed by atoms with Gasteiger partial charge in [0.15, 0.2) is 0 Å². The predicted molar refractivity (Wildman–Crippen MR) is 166 cm³/mol. The van der Waals surface area contributed by atoms with Crippen molar-refractivity contribution in [3.8, 4) is 0 Å². The van der Waals surface area contributed by atoms with Crippen LogP contribution in [0.25, 0.3) is 0 Å². The lowest BCUT2D eigenvalue weighted by Gasteiger charge is -2.45. The van der Waals surface area contributed by atoms with Gasteiger partial charge in [-0.3, -0.25) is 0 Å². The highest BCUT2D eigenvalue weighted by Crippen LogP contribution is 3.14. The summed E-state index contributed by atoms with van der Waals surface area (Å²) < 4.78 is 0. The Balaban J connectivity index is 5.66. The Bertz CT molecular complexity index is 216. The lowest BCUT2D eigenvalue weighted by molar-refractivity contribution is 2.05. The molecule has 0 aliphatic heterocycles. The van der Waals surface area contributed by atoms with Gasteiger partial charge in [0.25, 0.3) is 0 Å². The van der Waals surface area contributed by atoms with Crippen molar-refractivity contribution in [2.75, 3.05) is 0 Å². The van der Waals surface area contributed by atoms with E-state index >= 15 is 0 Å². The summed E-state index contributed by atoms with van der Waals surface area (Å²) in [5.41, 5.74) is 0. The van der Waals surface area contributed by atoms with E-state index in [4.69, 9.17) is 0 Å². The van der Waals surface area contributed by atoms with Crippen LogP contribution in [0.2, 0.25) is 0 Å². The van der Waals surface area contributed by atoms with Gasteiger partial charge in [-0.05, 0) is 56.8 Å². The molecule has 0 heterocycles. The molecule has 0 N–H and O–H groups in total. The smallest absolute Gasteiger partial charge is 0.0451 e. The van der Waals surface area contributed by atoms with Crippen LogP contribution >= 0.6 is 155 Å². The summed E-state index contributed by atoms with van der Waals surface area (Å²) >= 11 is 0. The highest BCUT2D eigenvalue weighted by molar-refractivity contribution is 9.05. The minimum Gasteiger partial charge on any atom is -0.105 e. The molecule has 12 unspecified atom stereocenters. The maximum absolute atomic E-state index is 3.26. The summed E-state index contributed by atoms with van der Waals surface area (Å²) in [5, 5.41) is 0.936. The molecule has 0 aliphatic rings. The summed E-state index contributed by atoms with van der Waals surface area (Å²) in [7, 11) is 34.7. The molecule has 19 heteroatoms. The van der Waals surface area contributed by atoms with E-state index in [1.54, 1.807) is 0 Å². The normalized spacial score (nSPS) is 15.2. The molecule has 0 aromatic rings. The van der Waals surface area contributed by atoms with Gasteiger partial charge in [-0.1, -0.05) is 0 Å². The third-order valence-electron chi connectivity index (χ3n) is 1.86. The first-order valence-corrected chi connectivity index (χ1v) is 36.9. The van der Waals surface area contributed by atoms with Crippen LogP contribution in [-0.4, -0.2) is 5.14 Å². The van der Waals surface area contributed by atoms with E-state index in [0.717, 1.165) is 5.14 Å². The van der Waals surface area contributed by atoms with Gasteiger partial charge in [0.1, 0.15) is 0 Å². The van der Waals surface area contributed by atoms with Crippen molar-refractivity contribution in [2.45, 2.75) is 5.14 Å². The Hall–Kier alpha value is 8.17. The van der Waals surface area contributed by atoms with E-state index < -0.39 is 0 Å². The van der Waals surface area contributed by atoms with E-state index in [1.165, 1.54) is 0 Å². The molecule has 0 bridgehead atoms. The minimum atomic E-state index is -0.00412. The Kier molecular flexibility index (Phi) is 21.2. The summed E-state index contributed by atoms with van der Waals surface area (Å²) in [6.07, 6.45) is 0. The summed E-state index contributed by atoms with van der Waals surface area (Å²) in [4.78, 5) is 0. The van der Waals surface area contributed by atoms with Crippen LogP contribution in [0, 0.1) is 0 Å². The van der Waals surface area contributed by atoms with Gasteiger partial charge in [-0.2, -0.15) is 0 Å². The van der Waals surface area contributed by atoms with Crippen molar-refractivity contribution in [1.29, 1.82) is 0 Å². The van der Waals surface area contributed by atoms with Crippen LogP contribution in [0.4, 0.5) is 0 Å². The van der Waals surface area contributed by atoms with Gasteiger partial charge < -0.3 is 0 Å². The van der Waals surface area contributed by atoms with Gasteiger partial charge in [-0.15, -0.1) is 98.2 Å². The molecular weight excluding hydrogens is 601 g/mol. The first-order chi connectivity index (χ1) is 9.02. The van der Waals surface area contributed by atoms with Crippen LogP contribution in [0.3, 0.4) is 0 Å². The van der Waals surface area contributed by atoms with Crippen molar-refractivity contribution in [3.63, 3.8) is 0 Å². The third kappa shape index (κ3) is 10.3. The quantitative estimate of drug-likeness (QED) is 0.236. The highest BCUT2D eigenvalue weighted by atomic mass is 33.0. The second kappa shape index (κ2) is 15.0. The zero-order chi connectivity index (χ0) is 16.2. The van der Waals surface area contributed by atoms with Crippen molar-refractivity contribution >= 4 is 155 Å². The predicted octanol–water partition coefficient (Wildman–Crippen LogP) is 10.4. The Morgan fingerprint density at radius 1 is 0.400 bits per heavy atom. The molecule has 0 amide bonds. The SMILES string of the molecule is PP(P)P(P)C(P(P(P)P)P(P)P)P(P(P)P)P(P)P. The Morgan fingerprint density at radius 3 is 0.800 bits per heavy atom. The first-order valence-electron chi connectivity index (χ1n) is 4.61. The molecular formula is CH23P19. The zero-order valence-corrected chi connectivity index (χ0v) is 30.4. The maximum Gasteiger partial charge on any atom is 0.0451 e. The van der Waals surface area contributed by atoms with Crippen molar-refractivity contribution in [3.05, 3.63) is 0 Å². The molecule has 0 saturated carbocycles. The van der Waals surface area contributed by atoms with Crippen LogP contribution in [0.1, 0.15) is 0 Å². The van der Waals surface area contributed by atoms with Gasteiger partial charge in [0.2, 0.25) is 0 Å². The fraction of sp³-hybridized carbons (Fsp3) is 1.00. The molecule has 122 valence electrons. The van der Waals surface area contributed by atoms with Crippen LogP contribution in [0.15, 0.2) is 0 Å². The second-order valence-electron chi connectivity index (χ2n) is 3.27. The van der Waals surface area contributed by atoms with E-state index in [-0.39, 0.29) is 56.8 Å². The number of rotatable bonds is 8. The highest BCUT2D eigenvalue weighted by Gasteiger charge is 2.41. The van der Waals surface area contributed by atoms with Crippen molar-refractivity contribution in [1.82, 2.24) is 0 Å². The fourth-order valence-electron chi connectivity index (χ4n) is 1.14. The lowest BCUT2D eigenvalue weighted by atomic mass is 11.9. The van der Waals surface area contributed by atoms with Gasteiger partial charge in [-0.25, -0.2) is 0 Å². The van der Waals surface area contributed by atoms with Crippen LogP contribution in [0.5, 0.6) is 0 Å². The average Bonchev–Trinajstić information content (AvgIpc) is 2.24. The molecule has 0 rings (SSSR count). The minimum absolute atomic E-state index is 0.00202. The molecule has 0 aliphatic carbocycles. The zero-order valence-electron chi connectivity index (χ0n) is 10.5. The van der Waals surface area contributed by atoms with Gasteiger partial charge in [0.05, 0.1) is 0 Å². The first kappa shape index (κ1) is 28.2. The molecule has 0 aromatic carbocycles. The Morgan fingerprint density at radius 2 is 0.650 bits per heavy atom. The summed E-state index contributed by atoms with van der Waals surface area (Å²) in [6.45, 7) is -0.0122. The number of hydrogen-bond donors (Lipinski definition) is 0. The number of hydrogen-bond acceptors (Lipinski definition) is 0. The molecule has 0 nitrogen and oxygen atoms in total. The van der Waals surface area contributed by atoms with E-state index in [2.05, 4.69) is 98.2 Å². The van der Waals surface area contributed by atoms with Crippen molar-refractivity contribution in [2.24, 2.45) is 0 Å². The summed E-state index contributed by atoms with van der Waals surface area (Å²) in [6, 6.07) is 0. The van der Waals surface area contributed by atoms with Gasteiger partial charge >= 0.3 is 0 Å². The largest absolute Gasteiger partial charge is 0.105 e. The molecule has 0 spiro atoms. The molecule has 0 radical (unpaired) electrons. The standard InChI is InChI=1S/CH23P19/c2-13(16(3)4)1(14(17(5)6)18(7)8)15(19(9)10)20(11)12/h1H,2-12H2. The molecule has 0 saturated heterocycles. The molecule has 20 heavy (non-hydrogen) atoms. The fourth-order valence-corrected chi connectivity index (χ4v) is 131. The van der Waals surface area contributed by atoms with Crippen molar-refractivity contribution < 1.29 is 0 Å². The molecule has 0 fully saturated rings. The van der Waals surface area contributed by atoms with Crippen LogP contribution < -0.4 is 0 Å². The monoisotopic (exact) mass is 624 g/mol. The molecule has 0 aromatic heterocycles. The average molecular weight is 624 g/mol. The van der Waals surface area contributed by atoms with Gasteiger partial charge in [0, 0.05) is 5.14 Å². The summed E-state index contributed by atoms with van der Waals surface area (Å²) in [5.74, 6) is 0. The maximum atomic E-state index is 3.26. The lowest BCUT2D eigenvalue weighted by Crippen LogP contribution is -1.88. The topological polar surface area (TPSA) is 0 Å². The van der Waals surface area contributed by atoms with Crippen LogP contribution in [-0.2, 0) is 0 Å². The van der Waals surface area contributed by atoms with E-state index in [1.807, 2.05) is 0 Å². The van der Waals surface area contributed by atoms with E-state index in [9.17, 15) is 0 Å².